The van der Waals surface area contributed by atoms with Crippen LogP contribution in [0.4, 0.5) is 5.69 Å². The number of thioether (sulfide) groups is 1. The highest BCUT2D eigenvalue weighted by molar-refractivity contribution is 7.98. The van der Waals surface area contributed by atoms with Crippen LogP contribution < -0.4 is 14.4 Å². The second kappa shape index (κ2) is 15.1. The number of carbonyl (C=O) groups is 2. The number of nitrogens with one attached hydrogen (secondary N) is 1. The molecule has 0 unspecified atom stereocenters. The van der Waals surface area contributed by atoms with E-state index < -0.39 is 28.5 Å². The average Bonchev–Trinajstić information content (AvgIpc) is 2.98. The molecule has 0 aliphatic carbocycles. The molecule has 8 nitrogen and oxygen atoms in total. The highest BCUT2D eigenvalue weighted by Gasteiger charge is 2.32. The molecule has 220 valence electrons. The SMILES string of the molecule is CCCNC(=O)[C@@H](C)N(Cc1ccccc1Cl)C(=O)CN(c1ccc(OCC)cc1)S(=O)(=O)c1ccc(SC)cc1. The van der Waals surface area contributed by atoms with Crippen molar-refractivity contribution < 1.29 is 22.7 Å². The van der Waals surface area contributed by atoms with E-state index >= 15 is 0 Å². The first kappa shape index (κ1) is 32.3. The Hall–Kier alpha value is -3.21. The molecule has 0 spiro atoms. The molecule has 2 amide bonds. The van der Waals surface area contributed by atoms with E-state index in [2.05, 4.69) is 5.32 Å². The summed E-state index contributed by atoms with van der Waals surface area (Å²) in [6.45, 7) is 5.81. The van der Waals surface area contributed by atoms with E-state index in [4.69, 9.17) is 16.3 Å². The molecule has 1 N–H and O–H groups in total. The summed E-state index contributed by atoms with van der Waals surface area (Å²) >= 11 is 7.90. The lowest BCUT2D eigenvalue weighted by Gasteiger charge is -2.32. The number of rotatable bonds is 14. The smallest absolute Gasteiger partial charge is 0.264 e. The average molecular weight is 618 g/mol. The number of halogens is 1. The lowest BCUT2D eigenvalue weighted by Crippen LogP contribution is -2.51. The summed E-state index contributed by atoms with van der Waals surface area (Å²) in [5.74, 6) is -0.316. The molecule has 0 aliphatic heterocycles. The summed E-state index contributed by atoms with van der Waals surface area (Å²) in [5, 5.41) is 3.27. The van der Waals surface area contributed by atoms with E-state index in [9.17, 15) is 18.0 Å². The largest absolute Gasteiger partial charge is 0.494 e. The maximum absolute atomic E-state index is 14.0. The van der Waals surface area contributed by atoms with Crippen LogP contribution in [0.2, 0.25) is 5.02 Å². The minimum absolute atomic E-state index is 0.0266. The van der Waals surface area contributed by atoms with Crippen LogP contribution in [0.1, 0.15) is 32.8 Å². The zero-order chi connectivity index (χ0) is 30.0. The number of amides is 2. The van der Waals surface area contributed by atoms with Crippen LogP contribution in [0.3, 0.4) is 0 Å². The molecular formula is C30H36ClN3O5S2. The van der Waals surface area contributed by atoms with Crippen LogP contribution in [-0.4, -0.2) is 57.1 Å². The molecule has 1 atom stereocenters. The molecule has 11 heteroatoms. The van der Waals surface area contributed by atoms with Crippen LogP contribution >= 0.6 is 23.4 Å². The van der Waals surface area contributed by atoms with E-state index in [1.807, 2.05) is 20.1 Å². The fraction of sp³-hybridized carbons (Fsp3) is 0.333. The topological polar surface area (TPSA) is 96.0 Å². The molecule has 0 fully saturated rings. The van der Waals surface area contributed by atoms with Gasteiger partial charge < -0.3 is 15.0 Å². The van der Waals surface area contributed by atoms with Gasteiger partial charge in [-0.2, -0.15) is 0 Å². The Bertz CT molecular complexity index is 1420. The van der Waals surface area contributed by atoms with Gasteiger partial charge in [-0.25, -0.2) is 8.42 Å². The van der Waals surface area contributed by atoms with Gasteiger partial charge in [-0.15, -0.1) is 11.8 Å². The molecule has 0 bridgehead atoms. The van der Waals surface area contributed by atoms with E-state index in [1.54, 1.807) is 67.6 Å². The van der Waals surface area contributed by atoms with Gasteiger partial charge in [0.2, 0.25) is 11.8 Å². The van der Waals surface area contributed by atoms with Gasteiger partial charge in [0.1, 0.15) is 18.3 Å². The molecule has 0 radical (unpaired) electrons. The zero-order valence-electron chi connectivity index (χ0n) is 23.7. The van der Waals surface area contributed by atoms with Crippen molar-refractivity contribution in [1.82, 2.24) is 10.2 Å². The van der Waals surface area contributed by atoms with E-state index in [1.165, 1.54) is 28.8 Å². The predicted octanol–water partition coefficient (Wildman–Crippen LogP) is 5.60. The van der Waals surface area contributed by atoms with Gasteiger partial charge in [-0.3, -0.25) is 13.9 Å². The Morgan fingerprint density at radius 1 is 1.00 bits per heavy atom. The summed E-state index contributed by atoms with van der Waals surface area (Å²) in [7, 11) is -4.16. The van der Waals surface area contributed by atoms with Crippen LogP contribution in [0, 0.1) is 0 Å². The maximum atomic E-state index is 14.0. The molecule has 3 aromatic rings. The van der Waals surface area contributed by atoms with Gasteiger partial charge >= 0.3 is 0 Å². The van der Waals surface area contributed by atoms with Crippen molar-refractivity contribution in [2.75, 3.05) is 30.3 Å². The van der Waals surface area contributed by atoms with Crippen LogP contribution in [0.5, 0.6) is 5.75 Å². The van der Waals surface area contributed by atoms with Crippen molar-refractivity contribution in [3.05, 3.63) is 83.4 Å². The minimum atomic E-state index is -4.16. The van der Waals surface area contributed by atoms with E-state index in [0.717, 1.165) is 15.6 Å². The number of nitrogens with zero attached hydrogens (tertiary/aromatic N) is 2. The lowest BCUT2D eigenvalue weighted by molar-refractivity contribution is -0.139. The van der Waals surface area contributed by atoms with Gasteiger partial charge in [-0.1, -0.05) is 36.7 Å². The van der Waals surface area contributed by atoms with E-state index in [-0.39, 0.29) is 23.0 Å². The lowest BCUT2D eigenvalue weighted by atomic mass is 10.1. The minimum Gasteiger partial charge on any atom is -0.494 e. The number of anilines is 1. The highest BCUT2D eigenvalue weighted by atomic mass is 35.5. The highest BCUT2D eigenvalue weighted by Crippen LogP contribution is 2.28. The van der Waals surface area contributed by atoms with Gasteiger partial charge in [0, 0.05) is 23.0 Å². The number of benzene rings is 3. The van der Waals surface area contributed by atoms with Gasteiger partial charge in [0.05, 0.1) is 17.2 Å². The number of ether oxygens (including phenoxy) is 1. The molecule has 3 aromatic carbocycles. The second-order valence-electron chi connectivity index (χ2n) is 9.19. The molecule has 0 saturated carbocycles. The first-order valence-electron chi connectivity index (χ1n) is 13.3. The van der Waals surface area contributed by atoms with Gasteiger partial charge in [0.25, 0.3) is 10.0 Å². The fourth-order valence-corrected chi connectivity index (χ4v) is 6.09. The summed E-state index contributed by atoms with van der Waals surface area (Å²) in [6, 6.07) is 19.2. The maximum Gasteiger partial charge on any atom is 0.264 e. The quantitative estimate of drug-likeness (QED) is 0.237. The number of hydrogen-bond donors (Lipinski definition) is 1. The third kappa shape index (κ3) is 8.40. The molecule has 3 rings (SSSR count). The number of sulfonamides is 1. The van der Waals surface area contributed by atoms with Gasteiger partial charge in [-0.05, 0) is 86.7 Å². The fourth-order valence-electron chi connectivity index (χ4n) is 4.07. The first-order valence-corrected chi connectivity index (χ1v) is 16.4. The van der Waals surface area contributed by atoms with Crippen molar-refractivity contribution >= 4 is 50.9 Å². The molecular weight excluding hydrogens is 582 g/mol. The Labute approximate surface area is 252 Å². The molecule has 0 saturated heterocycles. The normalized spacial score (nSPS) is 11.9. The molecule has 0 aromatic heterocycles. The zero-order valence-corrected chi connectivity index (χ0v) is 26.1. The van der Waals surface area contributed by atoms with Crippen molar-refractivity contribution in [2.45, 2.75) is 49.6 Å². The summed E-state index contributed by atoms with van der Waals surface area (Å²) < 4.78 is 34.5. The molecule has 0 aliphatic rings. The third-order valence-corrected chi connectivity index (χ3v) is 9.28. The number of carbonyl (C=O) groups excluding carboxylic acids is 2. The van der Waals surface area contributed by atoms with Crippen molar-refractivity contribution in [3.8, 4) is 5.75 Å². The van der Waals surface area contributed by atoms with Crippen molar-refractivity contribution in [1.29, 1.82) is 0 Å². The van der Waals surface area contributed by atoms with Crippen LogP contribution in [0.25, 0.3) is 0 Å². The second-order valence-corrected chi connectivity index (χ2v) is 12.3. The van der Waals surface area contributed by atoms with Crippen molar-refractivity contribution in [3.63, 3.8) is 0 Å². The van der Waals surface area contributed by atoms with E-state index in [0.29, 0.717) is 29.5 Å². The number of hydrogen-bond acceptors (Lipinski definition) is 6. The monoisotopic (exact) mass is 617 g/mol. The predicted molar refractivity (Wildman–Crippen MR) is 165 cm³/mol. The van der Waals surface area contributed by atoms with Crippen LogP contribution in [0.15, 0.2) is 82.6 Å². The summed E-state index contributed by atoms with van der Waals surface area (Å²) in [4.78, 5) is 29.3. The Morgan fingerprint density at radius 3 is 2.24 bits per heavy atom. The Balaban J connectivity index is 2.03. The first-order chi connectivity index (χ1) is 19.6. The Morgan fingerprint density at radius 2 is 1.66 bits per heavy atom. The van der Waals surface area contributed by atoms with Crippen molar-refractivity contribution in [2.24, 2.45) is 0 Å². The summed E-state index contributed by atoms with van der Waals surface area (Å²) in [5.41, 5.74) is 0.928. The molecule has 41 heavy (non-hydrogen) atoms. The standard InChI is InChI=1S/C30H36ClN3O5S2/c1-5-19-32-30(36)22(3)33(20-23-9-7-8-10-28(23)31)29(35)21-34(24-11-13-25(14-12-24)39-6-2)41(37,38)27-17-15-26(40-4)16-18-27/h7-18,22H,5-6,19-21H2,1-4H3,(H,32,36)/t22-/m1/s1. The molecule has 0 heterocycles. The third-order valence-electron chi connectivity index (χ3n) is 6.38. The Kier molecular flexibility index (Phi) is 11.9. The van der Waals surface area contributed by atoms with Crippen LogP contribution in [-0.2, 0) is 26.2 Å². The summed E-state index contributed by atoms with van der Waals surface area (Å²) in [6.07, 6.45) is 2.63. The van der Waals surface area contributed by atoms with Gasteiger partial charge in [0.15, 0.2) is 0 Å².